The second kappa shape index (κ2) is 6.80. The molecule has 0 atom stereocenters. The van der Waals surface area contributed by atoms with Crippen molar-refractivity contribution in [2.75, 3.05) is 0 Å². The van der Waals surface area contributed by atoms with Gasteiger partial charge in [-0.1, -0.05) is 66.7 Å². The first-order valence-electron chi connectivity index (χ1n) is 9.20. The summed E-state index contributed by atoms with van der Waals surface area (Å²) in [5, 5.41) is 14.2. The van der Waals surface area contributed by atoms with Crippen LogP contribution in [0.1, 0.15) is 0 Å². The predicted octanol–water partition coefficient (Wildman–Crippen LogP) is 6.03. The van der Waals surface area contributed by atoms with Crippen LogP contribution in [0.25, 0.3) is 44.3 Å². The average molecular weight is 377 g/mol. The minimum absolute atomic E-state index is 0.0248. The predicted molar refractivity (Wildman–Crippen MR) is 115 cm³/mol. The van der Waals surface area contributed by atoms with E-state index in [1.165, 1.54) is 6.07 Å². The Balaban J connectivity index is 1.78. The molecule has 5 aromatic rings. The number of non-ortho nitro benzene ring substituents is 1. The minimum atomic E-state index is -0.397. The fraction of sp³-hybridized carbons (Fsp3) is 0. The van der Waals surface area contributed by atoms with E-state index in [9.17, 15) is 10.1 Å². The number of aromatic nitrogens is 2. The van der Waals surface area contributed by atoms with E-state index in [2.05, 4.69) is 24.3 Å². The lowest BCUT2D eigenvalue weighted by Crippen LogP contribution is -1.96. The Kier molecular flexibility index (Phi) is 3.99. The van der Waals surface area contributed by atoms with Crippen LogP contribution in [0, 0.1) is 10.1 Å². The summed E-state index contributed by atoms with van der Waals surface area (Å²) >= 11 is 0. The van der Waals surface area contributed by atoms with Gasteiger partial charge in [0.25, 0.3) is 5.69 Å². The normalized spacial score (nSPS) is 11.0. The van der Waals surface area contributed by atoms with E-state index in [4.69, 9.17) is 9.97 Å². The Morgan fingerprint density at radius 3 is 2.24 bits per heavy atom. The van der Waals surface area contributed by atoms with Gasteiger partial charge in [0.15, 0.2) is 5.82 Å². The molecule has 0 unspecified atom stereocenters. The number of rotatable bonds is 3. The van der Waals surface area contributed by atoms with Crippen LogP contribution < -0.4 is 0 Å². The maximum absolute atomic E-state index is 11.3. The summed E-state index contributed by atoms with van der Waals surface area (Å²) in [6, 6.07) is 28.6. The third kappa shape index (κ3) is 3.08. The second-order valence-electron chi connectivity index (χ2n) is 6.78. The molecule has 4 aromatic carbocycles. The van der Waals surface area contributed by atoms with Crippen LogP contribution in [0.3, 0.4) is 0 Å². The van der Waals surface area contributed by atoms with Crippen LogP contribution in [0.5, 0.6) is 0 Å². The van der Waals surface area contributed by atoms with E-state index in [1.807, 2.05) is 48.5 Å². The molecule has 1 aromatic heterocycles. The van der Waals surface area contributed by atoms with Crippen LogP contribution in [-0.2, 0) is 0 Å². The van der Waals surface area contributed by atoms with Gasteiger partial charge in [-0.15, -0.1) is 0 Å². The highest BCUT2D eigenvalue weighted by atomic mass is 16.6. The molecular weight excluding hydrogens is 362 g/mol. The van der Waals surface area contributed by atoms with E-state index in [1.54, 1.807) is 12.1 Å². The van der Waals surface area contributed by atoms with Crippen molar-refractivity contribution >= 4 is 27.4 Å². The van der Waals surface area contributed by atoms with Gasteiger partial charge in [-0.25, -0.2) is 9.97 Å². The standard InChI is InChI=1S/C24H15N3O2/c28-27(29)20-12-13-22-21(15-20)23(17-7-2-1-3-8-17)26-24(25-22)19-11-10-16-6-4-5-9-18(16)14-19/h1-15H. The van der Waals surface area contributed by atoms with Crippen molar-refractivity contribution in [3.05, 3.63) is 101 Å². The van der Waals surface area contributed by atoms with Crippen LogP contribution in [0.4, 0.5) is 5.69 Å². The maximum Gasteiger partial charge on any atom is 0.270 e. The Hall–Kier alpha value is -4.12. The third-order valence-corrected chi connectivity index (χ3v) is 4.95. The molecule has 0 saturated carbocycles. The second-order valence-corrected chi connectivity index (χ2v) is 6.78. The van der Waals surface area contributed by atoms with Crippen LogP contribution >= 0.6 is 0 Å². The van der Waals surface area contributed by atoms with Crippen molar-refractivity contribution in [1.82, 2.24) is 9.97 Å². The lowest BCUT2D eigenvalue weighted by atomic mass is 10.0. The summed E-state index contributed by atoms with van der Waals surface area (Å²) in [4.78, 5) is 20.4. The maximum atomic E-state index is 11.3. The molecule has 5 nitrogen and oxygen atoms in total. The fourth-order valence-electron chi connectivity index (χ4n) is 3.50. The molecule has 0 spiro atoms. The lowest BCUT2D eigenvalue weighted by molar-refractivity contribution is -0.384. The average Bonchev–Trinajstić information content (AvgIpc) is 2.78. The minimum Gasteiger partial charge on any atom is -0.258 e. The summed E-state index contributed by atoms with van der Waals surface area (Å²) in [6.45, 7) is 0. The van der Waals surface area contributed by atoms with Crippen molar-refractivity contribution in [3.63, 3.8) is 0 Å². The number of hydrogen-bond donors (Lipinski definition) is 0. The van der Waals surface area contributed by atoms with E-state index in [-0.39, 0.29) is 5.69 Å². The monoisotopic (exact) mass is 377 g/mol. The van der Waals surface area contributed by atoms with Crippen LogP contribution in [-0.4, -0.2) is 14.9 Å². The molecule has 0 saturated heterocycles. The first-order chi connectivity index (χ1) is 14.2. The van der Waals surface area contributed by atoms with Crippen molar-refractivity contribution in [1.29, 1.82) is 0 Å². The summed E-state index contributed by atoms with van der Waals surface area (Å²) in [6.07, 6.45) is 0. The SMILES string of the molecule is O=[N+]([O-])c1ccc2nc(-c3ccc4ccccc4c3)nc(-c3ccccc3)c2c1. The first kappa shape index (κ1) is 17.0. The number of nitrogens with zero attached hydrogens (tertiary/aromatic N) is 3. The number of nitro groups is 1. The van der Waals surface area contributed by atoms with Gasteiger partial charge in [0.2, 0.25) is 0 Å². The largest absolute Gasteiger partial charge is 0.270 e. The van der Waals surface area contributed by atoms with Crippen molar-refractivity contribution in [3.8, 4) is 22.6 Å². The van der Waals surface area contributed by atoms with Gasteiger partial charge in [-0.3, -0.25) is 10.1 Å². The van der Waals surface area contributed by atoms with Crippen LogP contribution in [0.15, 0.2) is 91.0 Å². The highest BCUT2D eigenvalue weighted by molar-refractivity contribution is 5.95. The lowest BCUT2D eigenvalue weighted by Gasteiger charge is -2.10. The molecule has 0 amide bonds. The molecule has 5 heteroatoms. The van der Waals surface area contributed by atoms with E-state index >= 15 is 0 Å². The number of fused-ring (bicyclic) bond motifs is 2. The molecule has 29 heavy (non-hydrogen) atoms. The summed E-state index contributed by atoms with van der Waals surface area (Å²) in [7, 11) is 0. The fourth-order valence-corrected chi connectivity index (χ4v) is 3.50. The molecule has 0 N–H and O–H groups in total. The number of hydrogen-bond acceptors (Lipinski definition) is 4. The molecule has 0 aliphatic carbocycles. The summed E-state index contributed by atoms with van der Waals surface area (Å²) in [5.41, 5.74) is 3.18. The van der Waals surface area contributed by atoms with E-state index in [0.29, 0.717) is 22.4 Å². The zero-order valence-corrected chi connectivity index (χ0v) is 15.3. The number of benzene rings is 4. The van der Waals surface area contributed by atoms with Gasteiger partial charge < -0.3 is 0 Å². The van der Waals surface area contributed by atoms with Gasteiger partial charge in [-0.2, -0.15) is 0 Å². The third-order valence-electron chi connectivity index (χ3n) is 4.95. The van der Waals surface area contributed by atoms with Crippen molar-refractivity contribution in [2.45, 2.75) is 0 Å². The molecule has 0 aliphatic heterocycles. The van der Waals surface area contributed by atoms with E-state index in [0.717, 1.165) is 21.9 Å². The zero-order valence-electron chi connectivity index (χ0n) is 15.3. The van der Waals surface area contributed by atoms with Crippen molar-refractivity contribution < 1.29 is 4.92 Å². The topological polar surface area (TPSA) is 68.9 Å². The molecule has 5 rings (SSSR count). The molecule has 1 heterocycles. The molecule has 138 valence electrons. The van der Waals surface area contributed by atoms with Gasteiger partial charge in [0.05, 0.1) is 16.1 Å². The zero-order chi connectivity index (χ0) is 19.8. The molecular formula is C24H15N3O2. The Bertz CT molecular complexity index is 1380. The first-order valence-corrected chi connectivity index (χ1v) is 9.20. The number of nitro benzene ring substituents is 1. The molecule has 0 fully saturated rings. The van der Waals surface area contributed by atoms with Gasteiger partial charge >= 0.3 is 0 Å². The quantitative estimate of drug-likeness (QED) is 0.284. The van der Waals surface area contributed by atoms with Gasteiger partial charge in [0.1, 0.15) is 0 Å². The molecule has 0 aliphatic rings. The van der Waals surface area contributed by atoms with E-state index < -0.39 is 4.92 Å². The highest BCUT2D eigenvalue weighted by Gasteiger charge is 2.15. The molecule has 0 bridgehead atoms. The van der Waals surface area contributed by atoms with Crippen LogP contribution in [0.2, 0.25) is 0 Å². The summed E-state index contributed by atoms with van der Waals surface area (Å²) < 4.78 is 0. The smallest absolute Gasteiger partial charge is 0.258 e. The van der Waals surface area contributed by atoms with Gasteiger partial charge in [0, 0.05) is 28.6 Å². The Morgan fingerprint density at radius 1 is 0.690 bits per heavy atom. The van der Waals surface area contributed by atoms with Gasteiger partial charge in [-0.05, 0) is 22.9 Å². The molecule has 0 radical (unpaired) electrons. The Morgan fingerprint density at radius 2 is 1.45 bits per heavy atom. The van der Waals surface area contributed by atoms with Crippen molar-refractivity contribution in [2.24, 2.45) is 0 Å². The Labute approximate surface area is 166 Å². The summed E-state index contributed by atoms with van der Waals surface area (Å²) in [5.74, 6) is 0.593. The highest BCUT2D eigenvalue weighted by Crippen LogP contribution is 2.32.